The van der Waals surface area contributed by atoms with Crippen molar-refractivity contribution in [2.75, 3.05) is 38.2 Å². The summed E-state index contributed by atoms with van der Waals surface area (Å²) in [6.45, 7) is 11.4. The normalized spacial score (nSPS) is 24.4. The molecule has 0 radical (unpaired) electrons. The molecule has 1 amide bonds. The van der Waals surface area contributed by atoms with Gasteiger partial charge in [0.1, 0.15) is 18.0 Å². The molecule has 0 spiro atoms. The van der Waals surface area contributed by atoms with Crippen LogP contribution in [0.3, 0.4) is 0 Å². The van der Waals surface area contributed by atoms with Crippen LogP contribution < -0.4 is 10.1 Å². The van der Waals surface area contributed by atoms with Crippen LogP contribution in [0.1, 0.15) is 65.7 Å². The molecule has 2 aliphatic rings. The average Bonchev–Trinajstić information content (AvgIpc) is 2.73. The van der Waals surface area contributed by atoms with Gasteiger partial charge in [0, 0.05) is 31.9 Å². The summed E-state index contributed by atoms with van der Waals surface area (Å²) >= 11 is 0. The Morgan fingerprint density at radius 3 is 2.37 bits per heavy atom. The summed E-state index contributed by atoms with van der Waals surface area (Å²) in [6, 6.07) is 7.73. The van der Waals surface area contributed by atoms with E-state index in [0.717, 1.165) is 61.9 Å². The lowest BCUT2D eigenvalue weighted by atomic mass is 9.83. The maximum Gasteiger partial charge on any atom is 0.256 e. The van der Waals surface area contributed by atoms with E-state index in [9.17, 15) is 4.79 Å². The first-order valence-corrected chi connectivity index (χ1v) is 11.9. The minimum Gasteiger partial charge on any atom is -0.492 e. The monoisotopic (exact) mass is 416 g/mol. The van der Waals surface area contributed by atoms with Gasteiger partial charge in [-0.25, -0.2) is 0 Å². The number of nitrogens with zero attached hydrogens (tertiary/aromatic N) is 1. The smallest absolute Gasteiger partial charge is 0.256 e. The Balaban J connectivity index is 1.48. The summed E-state index contributed by atoms with van der Waals surface area (Å²) in [7, 11) is 0. The average molecular weight is 417 g/mol. The zero-order valence-electron chi connectivity index (χ0n) is 19.1. The van der Waals surface area contributed by atoms with Crippen LogP contribution in [0.2, 0.25) is 0 Å². The highest BCUT2D eigenvalue weighted by molar-refractivity contribution is 5.97. The Hall–Kier alpha value is -1.59. The lowest BCUT2D eigenvalue weighted by Crippen LogP contribution is -2.47. The van der Waals surface area contributed by atoms with Gasteiger partial charge in [0.15, 0.2) is 0 Å². The summed E-state index contributed by atoms with van der Waals surface area (Å²) in [4.78, 5) is 15.5. The number of carbonyl (C=O) groups excluding carboxylic acids is 1. The SMILES string of the molecule is CCCOC1(C(=O)Nc2ccc(OCCN3C[C@@H](C)C[C@H](C)C3)cc2)CCCCC1. The molecule has 0 bridgehead atoms. The van der Waals surface area contributed by atoms with Crippen molar-refractivity contribution >= 4 is 11.6 Å². The number of benzene rings is 1. The van der Waals surface area contributed by atoms with E-state index in [0.29, 0.717) is 13.2 Å². The molecule has 168 valence electrons. The van der Waals surface area contributed by atoms with Crippen molar-refractivity contribution in [3.05, 3.63) is 24.3 Å². The molecule has 1 saturated carbocycles. The Morgan fingerprint density at radius 2 is 1.73 bits per heavy atom. The zero-order valence-corrected chi connectivity index (χ0v) is 19.1. The van der Waals surface area contributed by atoms with E-state index in [-0.39, 0.29) is 5.91 Å². The molecule has 1 saturated heterocycles. The summed E-state index contributed by atoms with van der Waals surface area (Å²) < 4.78 is 12.0. The highest BCUT2D eigenvalue weighted by Crippen LogP contribution is 2.33. The zero-order chi connectivity index (χ0) is 21.4. The lowest BCUT2D eigenvalue weighted by molar-refractivity contribution is -0.146. The first-order chi connectivity index (χ1) is 14.5. The first-order valence-electron chi connectivity index (χ1n) is 11.9. The van der Waals surface area contributed by atoms with E-state index in [4.69, 9.17) is 9.47 Å². The van der Waals surface area contributed by atoms with Gasteiger partial charge in [0.05, 0.1) is 0 Å². The fraction of sp³-hybridized carbons (Fsp3) is 0.720. The Bertz CT molecular complexity index is 645. The fourth-order valence-electron chi connectivity index (χ4n) is 5.00. The van der Waals surface area contributed by atoms with E-state index < -0.39 is 5.60 Å². The van der Waals surface area contributed by atoms with E-state index in [1.54, 1.807) is 0 Å². The second-order valence-electron chi connectivity index (χ2n) is 9.44. The molecular formula is C25H40N2O3. The topological polar surface area (TPSA) is 50.8 Å². The van der Waals surface area contributed by atoms with Crippen LogP contribution in [0.15, 0.2) is 24.3 Å². The number of carbonyl (C=O) groups is 1. The number of ether oxygens (including phenoxy) is 2. The summed E-state index contributed by atoms with van der Waals surface area (Å²) in [5, 5.41) is 3.08. The number of rotatable bonds is 9. The number of likely N-dealkylation sites (tertiary alicyclic amines) is 1. The van der Waals surface area contributed by atoms with Crippen molar-refractivity contribution in [3.63, 3.8) is 0 Å². The van der Waals surface area contributed by atoms with Crippen LogP contribution in [0.25, 0.3) is 0 Å². The quantitative estimate of drug-likeness (QED) is 0.608. The van der Waals surface area contributed by atoms with Gasteiger partial charge in [-0.2, -0.15) is 0 Å². The lowest BCUT2D eigenvalue weighted by Gasteiger charge is -2.35. The van der Waals surface area contributed by atoms with E-state index >= 15 is 0 Å². The van der Waals surface area contributed by atoms with Crippen LogP contribution >= 0.6 is 0 Å². The highest BCUT2D eigenvalue weighted by atomic mass is 16.5. The maximum atomic E-state index is 13.0. The maximum absolute atomic E-state index is 13.0. The van der Waals surface area contributed by atoms with Gasteiger partial charge >= 0.3 is 0 Å². The second-order valence-corrected chi connectivity index (χ2v) is 9.44. The van der Waals surface area contributed by atoms with Crippen LogP contribution in [-0.2, 0) is 9.53 Å². The molecule has 1 aromatic carbocycles. The molecule has 0 aromatic heterocycles. The van der Waals surface area contributed by atoms with Gasteiger partial charge in [-0.05, 0) is 61.8 Å². The van der Waals surface area contributed by atoms with E-state index in [1.807, 2.05) is 24.3 Å². The highest BCUT2D eigenvalue weighted by Gasteiger charge is 2.40. The molecule has 1 aromatic rings. The van der Waals surface area contributed by atoms with Gasteiger partial charge in [0.2, 0.25) is 0 Å². The Labute approximate surface area is 182 Å². The van der Waals surface area contributed by atoms with Crippen molar-refractivity contribution in [2.24, 2.45) is 11.8 Å². The summed E-state index contributed by atoms with van der Waals surface area (Å²) in [6.07, 6.45) is 7.18. The number of hydrogen-bond donors (Lipinski definition) is 1. The van der Waals surface area contributed by atoms with Gasteiger partial charge in [-0.1, -0.05) is 40.0 Å². The predicted molar refractivity (Wildman–Crippen MR) is 122 cm³/mol. The minimum atomic E-state index is -0.661. The molecule has 30 heavy (non-hydrogen) atoms. The van der Waals surface area contributed by atoms with Gasteiger partial charge in [-0.15, -0.1) is 0 Å². The first kappa shape index (κ1) is 23.1. The largest absolute Gasteiger partial charge is 0.492 e. The number of piperidine rings is 1. The number of amides is 1. The van der Waals surface area contributed by atoms with E-state index in [1.165, 1.54) is 25.9 Å². The van der Waals surface area contributed by atoms with Crippen molar-refractivity contribution in [2.45, 2.75) is 71.3 Å². The molecule has 1 N–H and O–H groups in total. The molecule has 3 rings (SSSR count). The fourth-order valence-corrected chi connectivity index (χ4v) is 5.00. The third-order valence-electron chi connectivity index (χ3n) is 6.39. The summed E-state index contributed by atoms with van der Waals surface area (Å²) in [5.74, 6) is 2.38. The summed E-state index contributed by atoms with van der Waals surface area (Å²) in [5.41, 5.74) is 0.141. The molecular weight excluding hydrogens is 376 g/mol. The predicted octanol–water partition coefficient (Wildman–Crippen LogP) is 5.11. The molecule has 1 heterocycles. The molecule has 1 aliphatic heterocycles. The number of nitrogens with one attached hydrogen (secondary N) is 1. The molecule has 2 atom stereocenters. The number of hydrogen-bond acceptors (Lipinski definition) is 4. The van der Waals surface area contributed by atoms with Crippen LogP contribution in [0, 0.1) is 11.8 Å². The van der Waals surface area contributed by atoms with Crippen LogP contribution in [-0.4, -0.2) is 49.3 Å². The molecule has 5 heteroatoms. The van der Waals surface area contributed by atoms with Gasteiger partial charge < -0.3 is 14.8 Å². The van der Waals surface area contributed by atoms with Crippen LogP contribution in [0.5, 0.6) is 5.75 Å². The third kappa shape index (κ3) is 6.45. The van der Waals surface area contributed by atoms with Crippen molar-refractivity contribution in [1.29, 1.82) is 0 Å². The molecule has 1 aliphatic carbocycles. The standard InChI is InChI=1S/C25H40N2O3/c1-4-15-30-25(12-6-5-7-13-25)24(28)26-22-8-10-23(11-9-22)29-16-14-27-18-20(2)17-21(3)19-27/h8-11,20-21H,4-7,12-19H2,1-3H3,(H,26,28)/t20-,21-/m0/s1. The van der Waals surface area contributed by atoms with Crippen molar-refractivity contribution < 1.29 is 14.3 Å². The van der Waals surface area contributed by atoms with E-state index in [2.05, 4.69) is 31.0 Å². The van der Waals surface area contributed by atoms with Gasteiger partial charge in [0.25, 0.3) is 5.91 Å². The molecule has 0 unspecified atom stereocenters. The Kier molecular flexibility index (Phi) is 8.58. The minimum absolute atomic E-state index is 0.00217. The van der Waals surface area contributed by atoms with Crippen LogP contribution in [0.4, 0.5) is 5.69 Å². The van der Waals surface area contributed by atoms with Gasteiger partial charge in [-0.3, -0.25) is 9.69 Å². The Morgan fingerprint density at radius 1 is 1.07 bits per heavy atom. The van der Waals surface area contributed by atoms with Crippen molar-refractivity contribution in [3.8, 4) is 5.75 Å². The third-order valence-corrected chi connectivity index (χ3v) is 6.39. The molecule has 5 nitrogen and oxygen atoms in total. The number of anilines is 1. The second kappa shape index (κ2) is 11.1. The molecule has 2 fully saturated rings. The van der Waals surface area contributed by atoms with Crippen molar-refractivity contribution in [1.82, 2.24) is 4.90 Å².